The smallest absolute Gasteiger partial charge is 0.251 e. The fraction of sp³-hybridized carbons (Fsp3) is 0.276. The average Bonchev–Trinajstić information content (AvgIpc) is 3.48. The molecular weight excluding hydrogens is 526 g/mol. The Morgan fingerprint density at radius 2 is 1.85 bits per heavy atom. The van der Waals surface area contributed by atoms with Crippen LogP contribution in [-0.2, 0) is 0 Å². The molecule has 0 unspecified atom stereocenters. The van der Waals surface area contributed by atoms with E-state index in [1.54, 1.807) is 10.6 Å². The number of halogens is 1. The number of carbonyl (C=O) groups excluding carboxylic acids is 1. The van der Waals surface area contributed by atoms with Gasteiger partial charge in [0.1, 0.15) is 0 Å². The number of aromatic nitrogens is 5. The van der Waals surface area contributed by atoms with Crippen LogP contribution in [0.15, 0.2) is 66.7 Å². The molecule has 0 aliphatic carbocycles. The number of anilines is 3. The van der Waals surface area contributed by atoms with E-state index >= 15 is 0 Å². The number of aryl methyl sites for hydroxylation is 1. The summed E-state index contributed by atoms with van der Waals surface area (Å²) in [6.45, 7) is 7.60. The topological polar surface area (TPSA) is 104 Å². The lowest BCUT2D eigenvalue weighted by atomic mass is 10.1. The summed E-state index contributed by atoms with van der Waals surface area (Å²) in [7, 11) is 0. The van der Waals surface area contributed by atoms with Crippen LogP contribution in [0.5, 0.6) is 0 Å². The monoisotopic (exact) mass is 555 g/mol. The summed E-state index contributed by atoms with van der Waals surface area (Å²) < 4.78 is 1.65. The zero-order valence-electron chi connectivity index (χ0n) is 22.2. The van der Waals surface area contributed by atoms with Crippen molar-refractivity contribution in [2.45, 2.75) is 13.3 Å². The molecule has 3 aromatic carbocycles. The number of nitrogens with zero attached hydrogens (tertiary/aromatic N) is 7. The third-order valence-electron chi connectivity index (χ3n) is 7.23. The highest BCUT2D eigenvalue weighted by molar-refractivity contribution is 6.30. The Balaban J connectivity index is 1.01. The number of para-hydroxylation sites is 2. The maximum atomic E-state index is 12.9. The van der Waals surface area contributed by atoms with Crippen molar-refractivity contribution >= 4 is 51.4 Å². The van der Waals surface area contributed by atoms with E-state index in [1.165, 1.54) is 11.3 Å². The fourth-order valence-corrected chi connectivity index (χ4v) is 5.27. The Bertz CT molecular complexity index is 1660. The molecule has 0 bridgehead atoms. The van der Waals surface area contributed by atoms with E-state index in [2.05, 4.69) is 55.0 Å². The highest BCUT2D eigenvalue weighted by Gasteiger charge is 2.18. The number of tetrazole rings is 1. The first-order valence-electron chi connectivity index (χ1n) is 13.4. The van der Waals surface area contributed by atoms with Gasteiger partial charge in [-0.25, -0.2) is 4.98 Å². The number of rotatable bonds is 8. The van der Waals surface area contributed by atoms with Crippen LogP contribution >= 0.6 is 11.6 Å². The Labute approximate surface area is 236 Å². The van der Waals surface area contributed by atoms with Crippen LogP contribution in [-0.4, -0.2) is 75.1 Å². The van der Waals surface area contributed by atoms with E-state index in [9.17, 15) is 4.79 Å². The van der Waals surface area contributed by atoms with Crippen LogP contribution in [0.4, 0.5) is 17.2 Å². The molecule has 2 N–H and O–H groups in total. The number of nitrogens with one attached hydrogen (secondary N) is 2. The molecule has 0 saturated carbocycles. The second kappa shape index (κ2) is 11.4. The molecule has 0 spiro atoms. The van der Waals surface area contributed by atoms with E-state index in [1.807, 2.05) is 48.5 Å². The molecule has 0 atom stereocenters. The molecular formula is C29H30ClN9O. The predicted molar refractivity (Wildman–Crippen MR) is 158 cm³/mol. The Morgan fingerprint density at radius 3 is 2.73 bits per heavy atom. The molecule has 1 amide bonds. The minimum absolute atomic E-state index is 0.106. The van der Waals surface area contributed by atoms with Crippen molar-refractivity contribution in [2.24, 2.45) is 0 Å². The van der Waals surface area contributed by atoms with E-state index in [0.29, 0.717) is 23.6 Å². The number of hydrogen-bond acceptors (Lipinski definition) is 8. The van der Waals surface area contributed by atoms with E-state index in [4.69, 9.17) is 16.6 Å². The third-order valence-corrected chi connectivity index (χ3v) is 7.47. The maximum Gasteiger partial charge on any atom is 0.251 e. The summed E-state index contributed by atoms with van der Waals surface area (Å²) in [6.07, 6.45) is 0.888. The number of hydrogen-bond donors (Lipinski definition) is 2. The number of carbonyl (C=O) groups is 1. The lowest BCUT2D eigenvalue weighted by Crippen LogP contribution is -2.47. The van der Waals surface area contributed by atoms with Gasteiger partial charge >= 0.3 is 0 Å². The van der Waals surface area contributed by atoms with Gasteiger partial charge < -0.3 is 15.5 Å². The first kappa shape index (κ1) is 26.0. The lowest BCUT2D eigenvalue weighted by Gasteiger charge is -2.37. The molecule has 1 fully saturated rings. The molecule has 11 heteroatoms. The van der Waals surface area contributed by atoms with Crippen molar-refractivity contribution in [3.8, 4) is 0 Å². The number of benzene rings is 3. The normalized spacial score (nSPS) is 14.1. The molecule has 5 aromatic rings. The summed E-state index contributed by atoms with van der Waals surface area (Å²) in [5, 5.41) is 19.1. The fourth-order valence-electron chi connectivity index (χ4n) is 5.11. The van der Waals surface area contributed by atoms with Crippen LogP contribution in [0.1, 0.15) is 22.3 Å². The molecule has 0 radical (unpaired) electrons. The highest BCUT2D eigenvalue weighted by Crippen LogP contribution is 2.26. The van der Waals surface area contributed by atoms with Crippen molar-refractivity contribution in [3.63, 3.8) is 0 Å². The van der Waals surface area contributed by atoms with Crippen molar-refractivity contribution in [3.05, 3.63) is 82.9 Å². The highest BCUT2D eigenvalue weighted by atomic mass is 35.5. The molecule has 10 nitrogen and oxygen atoms in total. The Morgan fingerprint density at radius 1 is 1.00 bits per heavy atom. The van der Waals surface area contributed by atoms with Gasteiger partial charge in [-0.05, 0) is 78.3 Å². The van der Waals surface area contributed by atoms with Crippen LogP contribution in [0, 0.1) is 6.92 Å². The van der Waals surface area contributed by atoms with Gasteiger partial charge in [-0.3, -0.25) is 9.69 Å². The van der Waals surface area contributed by atoms with Gasteiger partial charge in [-0.1, -0.05) is 35.9 Å². The quantitative estimate of drug-likeness (QED) is 0.273. The summed E-state index contributed by atoms with van der Waals surface area (Å²) in [6, 6.07) is 21.1. The van der Waals surface area contributed by atoms with E-state index in [0.717, 1.165) is 60.9 Å². The summed E-state index contributed by atoms with van der Waals surface area (Å²) in [5.74, 6) is 0.414. The van der Waals surface area contributed by atoms with Gasteiger partial charge in [0.15, 0.2) is 5.82 Å². The minimum Gasteiger partial charge on any atom is -0.369 e. The average molecular weight is 556 g/mol. The first-order valence-corrected chi connectivity index (χ1v) is 13.8. The molecule has 1 saturated heterocycles. The standard InChI is InChI=1S/C29H30ClN9O/c1-20-10-11-22(30)19-26(20)38-16-14-37(15-17-38)13-5-12-31-29(40)21-6-4-7-23(18-21)32-27-28-34-35-36-39(28)25-9-3-2-8-24(25)33-27/h2-4,6-11,18-19H,5,12-17H2,1H3,(H,31,40)(H,32,33). The summed E-state index contributed by atoms with van der Waals surface area (Å²) in [4.78, 5) is 22.4. The van der Waals surface area contributed by atoms with Crippen LogP contribution in [0.3, 0.4) is 0 Å². The second-order valence-electron chi connectivity index (χ2n) is 9.94. The summed E-state index contributed by atoms with van der Waals surface area (Å²) in [5.41, 5.74) is 5.86. The van der Waals surface area contributed by atoms with E-state index < -0.39 is 0 Å². The Kier molecular flexibility index (Phi) is 7.43. The first-order chi connectivity index (χ1) is 19.5. The van der Waals surface area contributed by atoms with Crippen LogP contribution in [0.2, 0.25) is 5.02 Å². The zero-order chi connectivity index (χ0) is 27.5. The van der Waals surface area contributed by atoms with Crippen molar-refractivity contribution in [2.75, 3.05) is 49.5 Å². The third kappa shape index (κ3) is 5.54. The zero-order valence-corrected chi connectivity index (χ0v) is 23.0. The van der Waals surface area contributed by atoms with Crippen molar-refractivity contribution in [1.29, 1.82) is 0 Å². The number of piperazine rings is 1. The molecule has 204 valence electrons. The van der Waals surface area contributed by atoms with Gasteiger partial charge in [-0.15, -0.1) is 5.10 Å². The lowest BCUT2D eigenvalue weighted by molar-refractivity contribution is 0.0951. The second-order valence-corrected chi connectivity index (χ2v) is 10.4. The maximum absolute atomic E-state index is 12.9. The van der Waals surface area contributed by atoms with Crippen LogP contribution < -0.4 is 15.5 Å². The molecule has 40 heavy (non-hydrogen) atoms. The molecule has 2 aromatic heterocycles. The van der Waals surface area contributed by atoms with Gasteiger partial charge in [-0.2, -0.15) is 4.52 Å². The predicted octanol–water partition coefficient (Wildman–Crippen LogP) is 4.32. The largest absolute Gasteiger partial charge is 0.369 e. The van der Waals surface area contributed by atoms with Crippen LogP contribution in [0.25, 0.3) is 16.7 Å². The molecule has 1 aliphatic heterocycles. The van der Waals surface area contributed by atoms with Gasteiger partial charge in [0.05, 0.1) is 11.0 Å². The van der Waals surface area contributed by atoms with Gasteiger partial charge in [0, 0.05) is 54.7 Å². The van der Waals surface area contributed by atoms with Gasteiger partial charge in [0.2, 0.25) is 5.65 Å². The van der Waals surface area contributed by atoms with Gasteiger partial charge in [0.25, 0.3) is 5.91 Å². The van der Waals surface area contributed by atoms with Crippen molar-refractivity contribution in [1.82, 2.24) is 35.2 Å². The Hall–Kier alpha value is -4.28. The summed E-state index contributed by atoms with van der Waals surface area (Å²) >= 11 is 6.21. The SMILES string of the molecule is Cc1ccc(Cl)cc1N1CCN(CCCNC(=O)c2cccc(Nc3nc4ccccc4n4nnnc34)c2)CC1. The minimum atomic E-state index is -0.106. The number of amides is 1. The molecule has 1 aliphatic rings. The molecule has 6 rings (SSSR count). The van der Waals surface area contributed by atoms with Crippen molar-refractivity contribution < 1.29 is 4.79 Å². The van der Waals surface area contributed by atoms with E-state index in [-0.39, 0.29) is 5.91 Å². The molecule has 3 heterocycles. The number of fused-ring (bicyclic) bond motifs is 3.